The number of ketones is 1. The van der Waals surface area contributed by atoms with E-state index in [0.717, 1.165) is 0 Å². The first-order chi connectivity index (χ1) is 7.80. The highest BCUT2D eigenvalue weighted by Crippen LogP contribution is 2.10. The van der Waals surface area contributed by atoms with Crippen LogP contribution in [0.25, 0.3) is 0 Å². The van der Waals surface area contributed by atoms with Crippen molar-refractivity contribution in [3.63, 3.8) is 0 Å². The van der Waals surface area contributed by atoms with Crippen molar-refractivity contribution in [3.8, 4) is 0 Å². The molecule has 0 radical (unpaired) electrons. The van der Waals surface area contributed by atoms with E-state index in [-0.39, 0.29) is 12.2 Å². The van der Waals surface area contributed by atoms with Crippen LogP contribution in [0.3, 0.4) is 0 Å². The minimum atomic E-state index is -0.609. The highest BCUT2D eigenvalue weighted by molar-refractivity contribution is 5.98. The van der Waals surface area contributed by atoms with Gasteiger partial charge in [0.05, 0.1) is 0 Å². The Balaban J connectivity index is 4.17. The van der Waals surface area contributed by atoms with Crippen LogP contribution in [0.5, 0.6) is 0 Å². The van der Waals surface area contributed by atoms with Crippen molar-refractivity contribution in [1.29, 1.82) is 0 Å². The van der Waals surface area contributed by atoms with Crippen LogP contribution in [0.4, 0.5) is 0 Å². The van der Waals surface area contributed by atoms with Crippen LogP contribution in [-0.4, -0.2) is 44.3 Å². The van der Waals surface area contributed by atoms with Crippen molar-refractivity contribution < 1.29 is 23.8 Å². The zero-order chi connectivity index (χ0) is 13.5. The van der Waals surface area contributed by atoms with E-state index in [0.29, 0.717) is 13.0 Å². The summed E-state index contributed by atoms with van der Waals surface area (Å²) in [4.78, 5) is 23.1. The molecule has 5 nitrogen and oxygen atoms in total. The first-order valence-electron chi connectivity index (χ1n) is 5.56. The van der Waals surface area contributed by atoms with Gasteiger partial charge in [0.25, 0.3) is 0 Å². The number of Topliss-reactive ketones (excluding diaryl/α,β-unsaturated/α-hetero) is 1. The summed E-state index contributed by atoms with van der Waals surface area (Å²) in [6, 6.07) is 0. The van der Waals surface area contributed by atoms with Crippen LogP contribution < -0.4 is 0 Å². The maximum absolute atomic E-state index is 11.7. The summed E-state index contributed by atoms with van der Waals surface area (Å²) < 4.78 is 14.9. The fraction of sp³-hybridized carbons (Fsp3) is 0.833. The van der Waals surface area contributed by atoms with E-state index in [2.05, 4.69) is 0 Å². The minimum absolute atomic E-state index is 0.264. The van der Waals surface area contributed by atoms with Crippen LogP contribution in [0, 0.1) is 0 Å². The van der Waals surface area contributed by atoms with Crippen molar-refractivity contribution in [2.45, 2.75) is 45.3 Å². The molecule has 0 aromatic rings. The lowest BCUT2D eigenvalue weighted by molar-refractivity contribution is -0.157. The lowest BCUT2D eigenvalue weighted by Crippen LogP contribution is -2.30. The number of methoxy groups -OCH3 is 2. The highest BCUT2D eigenvalue weighted by Gasteiger charge is 2.24. The number of rotatable bonds is 7. The highest BCUT2D eigenvalue weighted by atomic mass is 16.6. The largest absolute Gasteiger partial charge is 0.460 e. The van der Waals surface area contributed by atoms with Gasteiger partial charge >= 0.3 is 5.97 Å². The molecule has 17 heavy (non-hydrogen) atoms. The maximum Gasteiger partial charge on any atom is 0.313 e. The second kappa shape index (κ2) is 7.40. The van der Waals surface area contributed by atoms with Gasteiger partial charge in [0.2, 0.25) is 0 Å². The monoisotopic (exact) mass is 246 g/mol. The van der Waals surface area contributed by atoms with Gasteiger partial charge in [-0.15, -0.1) is 0 Å². The second-order valence-corrected chi connectivity index (χ2v) is 4.74. The van der Waals surface area contributed by atoms with Crippen LogP contribution in [0.15, 0.2) is 0 Å². The molecule has 0 aromatic carbocycles. The average molecular weight is 246 g/mol. The Labute approximate surface area is 102 Å². The quantitative estimate of drug-likeness (QED) is 0.501. The Kier molecular flexibility index (Phi) is 6.99. The Hall–Kier alpha value is -0.940. The number of esters is 1. The van der Waals surface area contributed by atoms with Gasteiger partial charge in [0.1, 0.15) is 18.1 Å². The molecule has 0 spiro atoms. The van der Waals surface area contributed by atoms with Crippen molar-refractivity contribution in [2.75, 3.05) is 20.8 Å². The van der Waals surface area contributed by atoms with Gasteiger partial charge in [-0.1, -0.05) is 0 Å². The molecule has 5 heteroatoms. The molecule has 0 aliphatic rings. The summed E-state index contributed by atoms with van der Waals surface area (Å²) in [6.45, 7) is 5.69. The van der Waals surface area contributed by atoms with Gasteiger partial charge in [0, 0.05) is 27.2 Å². The van der Waals surface area contributed by atoms with Gasteiger partial charge in [-0.05, 0) is 20.8 Å². The molecule has 0 saturated carbocycles. The van der Waals surface area contributed by atoms with E-state index in [1.807, 2.05) is 0 Å². The summed E-state index contributed by atoms with van der Waals surface area (Å²) in [5, 5.41) is 0. The molecule has 0 aliphatic carbocycles. The summed E-state index contributed by atoms with van der Waals surface area (Å²) >= 11 is 0. The van der Waals surface area contributed by atoms with Crippen LogP contribution in [-0.2, 0) is 23.8 Å². The lowest BCUT2D eigenvalue weighted by Gasteiger charge is -2.20. The Bertz CT molecular complexity index is 254. The predicted molar refractivity (Wildman–Crippen MR) is 62.8 cm³/mol. The van der Waals surface area contributed by atoms with Gasteiger partial charge in [0.15, 0.2) is 5.78 Å². The molecule has 0 fully saturated rings. The van der Waals surface area contributed by atoms with Crippen molar-refractivity contribution in [1.82, 2.24) is 0 Å². The molecule has 0 bridgehead atoms. The minimum Gasteiger partial charge on any atom is -0.460 e. The van der Waals surface area contributed by atoms with Gasteiger partial charge < -0.3 is 14.2 Å². The molecule has 0 rings (SSSR count). The van der Waals surface area contributed by atoms with Crippen LogP contribution in [0.1, 0.15) is 33.6 Å². The van der Waals surface area contributed by atoms with Gasteiger partial charge in [-0.3, -0.25) is 9.59 Å². The van der Waals surface area contributed by atoms with Crippen LogP contribution >= 0.6 is 0 Å². The van der Waals surface area contributed by atoms with Gasteiger partial charge in [-0.2, -0.15) is 0 Å². The fourth-order valence-corrected chi connectivity index (χ4v) is 1.27. The third kappa shape index (κ3) is 7.88. The number of hydrogen-bond acceptors (Lipinski definition) is 5. The van der Waals surface area contributed by atoms with E-state index >= 15 is 0 Å². The molecule has 0 amide bonds. The first kappa shape index (κ1) is 16.1. The van der Waals surface area contributed by atoms with Gasteiger partial charge in [-0.25, -0.2) is 0 Å². The fourth-order valence-electron chi connectivity index (χ4n) is 1.27. The smallest absolute Gasteiger partial charge is 0.313 e. The van der Waals surface area contributed by atoms with E-state index in [1.54, 1.807) is 27.9 Å². The maximum atomic E-state index is 11.7. The zero-order valence-corrected chi connectivity index (χ0v) is 11.2. The van der Waals surface area contributed by atoms with Crippen molar-refractivity contribution in [2.24, 2.45) is 0 Å². The topological polar surface area (TPSA) is 61.8 Å². The van der Waals surface area contributed by atoms with Crippen LogP contribution in [0.2, 0.25) is 0 Å². The molecule has 1 unspecified atom stereocenters. The average Bonchev–Trinajstić information content (AvgIpc) is 2.15. The molecule has 0 N–H and O–H groups in total. The summed E-state index contributed by atoms with van der Waals surface area (Å²) in [6.07, 6.45) is -0.434. The van der Waals surface area contributed by atoms with Crippen molar-refractivity contribution >= 4 is 11.8 Å². The number of carbonyl (C=O) groups excluding carboxylic acids is 2. The Morgan fingerprint density at radius 3 is 2.18 bits per heavy atom. The van der Waals surface area contributed by atoms with E-state index in [1.165, 1.54) is 7.11 Å². The Morgan fingerprint density at radius 1 is 1.18 bits per heavy atom. The number of hydrogen-bond donors (Lipinski definition) is 0. The molecular formula is C12H22O5. The normalized spacial score (nSPS) is 13.2. The van der Waals surface area contributed by atoms with E-state index < -0.39 is 17.7 Å². The SMILES string of the molecule is COCCC(OC)C(=O)CC(=O)OC(C)(C)C. The standard InChI is InChI=1S/C12H22O5/c1-12(2,3)17-11(14)8-9(13)10(16-5)6-7-15-4/h10H,6-8H2,1-5H3. The third-order valence-corrected chi connectivity index (χ3v) is 1.97. The predicted octanol–water partition coefficient (Wildman–Crippen LogP) is 1.34. The molecule has 100 valence electrons. The lowest BCUT2D eigenvalue weighted by atomic mass is 10.1. The summed E-state index contributed by atoms with van der Waals surface area (Å²) in [5.74, 6) is -0.805. The zero-order valence-electron chi connectivity index (χ0n) is 11.2. The Morgan fingerprint density at radius 2 is 1.76 bits per heavy atom. The molecule has 0 saturated heterocycles. The van der Waals surface area contributed by atoms with Crippen molar-refractivity contribution in [3.05, 3.63) is 0 Å². The molecule has 0 aromatic heterocycles. The molecular weight excluding hydrogens is 224 g/mol. The van der Waals surface area contributed by atoms with E-state index in [9.17, 15) is 9.59 Å². The first-order valence-corrected chi connectivity index (χ1v) is 5.56. The third-order valence-electron chi connectivity index (χ3n) is 1.97. The molecule has 1 atom stereocenters. The van der Waals surface area contributed by atoms with E-state index in [4.69, 9.17) is 14.2 Å². The number of carbonyl (C=O) groups is 2. The molecule has 0 heterocycles. The summed E-state index contributed by atoms with van der Waals surface area (Å²) in [5.41, 5.74) is -0.577. The number of ether oxygens (including phenoxy) is 3. The summed E-state index contributed by atoms with van der Waals surface area (Å²) in [7, 11) is 2.98. The second-order valence-electron chi connectivity index (χ2n) is 4.74. The molecule has 0 aliphatic heterocycles.